The van der Waals surface area contributed by atoms with Crippen LogP contribution >= 0.6 is 22.9 Å². The first-order chi connectivity index (χ1) is 10.1. The van der Waals surface area contributed by atoms with Gasteiger partial charge in [-0.3, -0.25) is 0 Å². The summed E-state index contributed by atoms with van der Waals surface area (Å²) in [5.74, 6) is 0.703. The summed E-state index contributed by atoms with van der Waals surface area (Å²) >= 11 is 7.90. The molecule has 0 saturated heterocycles. The molecule has 1 aromatic carbocycles. The molecule has 0 radical (unpaired) electrons. The topological polar surface area (TPSA) is 38.7 Å². The molecule has 0 spiro atoms. The second-order valence-electron chi connectivity index (χ2n) is 4.80. The molecule has 5 heteroatoms. The smallest absolute Gasteiger partial charge is 0.136 e. The largest absolute Gasteiger partial charge is 0.246 e. The quantitative estimate of drug-likeness (QED) is 0.670. The molecule has 0 unspecified atom stereocenters. The van der Waals surface area contributed by atoms with E-state index in [1.54, 1.807) is 11.3 Å². The molecule has 106 valence electrons. The first-order valence-corrected chi connectivity index (χ1v) is 7.88. The van der Waals surface area contributed by atoms with Gasteiger partial charge in [0.15, 0.2) is 0 Å². The molecule has 0 N–H and O–H groups in total. The summed E-state index contributed by atoms with van der Waals surface area (Å²) in [7, 11) is 0. The van der Waals surface area contributed by atoms with Crippen molar-refractivity contribution in [3.63, 3.8) is 0 Å². The molecular formula is C16H14ClN3S. The van der Waals surface area contributed by atoms with Crippen LogP contribution in [0.4, 0.5) is 0 Å². The lowest BCUT2D eigenvalue weighted by atomic mass is 10.1. The fourth-order valence-electron chi connectivity index (χ4n) is 2.14. The maximum atomic E-state index is 6.27. The third-order valence-electron chi connectivity index (χ3n) is 3.19. The predicted octanol–water partition coefficient (Wildman–Crippen LogP) is 4.46. The van der Waals surface area contributed by atoms with Gasteiger partial charge in [-0.15, -0.1) is 11.3 Å². The predicted molar refractivity (Wildman–Crippen MR) is 86.9 cm³/mol. The number of rotatable bonds is 3. The summed E-state index contributed by atoms with van der Waals surface area (Å²) < 4.78 is 0. The van der Waals surface area contributed by atoms with Gasteiger partial charge in [0.05, 0.1) is 22.8 Å². The van der Waals surface area contributed by atoms with Gasteiger partial charge >= 0.3 is 0 Å². The van der Waals surface area contributed by atoms with Crippen LogP contribution in [0.1, 0.15) is 22.1 Å². The van der Waals surface area contributed by atoms with Gasteiger partial charge in [-0.25, -0.2) is 15.0 Å². The SMILES string of the molecule is Cc1nc(Cc2nc(Cl)c(C)c(-c3ccccc3)n2)cs1. The molecule has 0 amide bonds. The van der Waals surface area contributed by atoms with Gasteiger partial charge in [0.1, 0.15) is 11.0 Å². The second kappa shape index (κ2) is 5.92. The van der Waals surface area contributed by atoms with Crippen LogP contribution in [0.5, 0.6) is 0 Å². The number of halogens is 1. The van der Waals surface area contributed by atoms with E-state index >= 15 is 0 Å². The van der Waals surface area contributed by atoms with Crippen molar-refractivity contribution in [1.29, 1.82) is 0 Å². The minimum Gasteiger partial charge on any atom is -0.246 e. The van der Waals surface area contributed by atoms with Gasteiger partial charge in [-0.05, 0) is 13.8 Å². The van der Waals surface area contributed by atoms with Crippen LogP contribution in [0.3, 0.4) is 0 Å². The van der Waals surface area contributed by atoms with E-state index in [1.165, 1.54) is 0 Å². The molecule has 3 aromatic rings. The summed E-state index contributed by atoms with van der Waals surface area (Å²) in [5, 5.41) is 3.59. The van der Waals surface area contributed by atoms with Crippen LogP contribution in [0, 0.1) is 13.8 Å². The average molecular weight is 316 g/mol. The molecule has 0 aliphatic heterocycles. The highest BCUT2D eigenvalue weighted by Crippen LogP contribution is 2.26. The molecule has 0 saturated carbocycles. The van der Waals surface area contributed by atoms with Crippen molar-refractivity contribution in [2.24, 2.45) is 0 Å². The summed E-state index contributed by atoms with van der Waals surface area (Å²) in [4.78, 5) is 13.5. The van der Waals surface area contributed by atoms with Crippen LogP contribution in [0.15, 0.2) is 35.7 Å². The maximum absolute atomic E-state index is 6.27. The molecule has 0 bridgehead atoms. The third kappa shape index (κ3) is 3.12. The third-order valence-corrected chi connectivity index (χ3v) is 4.38. The molecule has 3 nitrogen and oxygen atoms in total. The Morgan fingerprint density at radius 1 is 1.05 bits per heavy atom. The van der Waals surface area contributed by atoms with Gasteiger partial charge in [0, 0.05) is 16.5 Å². The van der Waals surface area contributed by atoms with Gasteiger partial charge < -0.3 is 0 Å². The van der Waals surface area contributed by atoms with Crippen LogP contribution in [-0.2, 0) is 6.42 Å². The lowest BCUT2D eigenvalue weighted by Crippen LogP contribution is -2.02. The molecule has 0 aliphatic carbocycles. The molecule has 21 heavy (non-hydrogen) atoms. The van der Waals surface area contributed by atoms with Crippen LogP contribution in [-0.4, -0.2) is 15.0 Å². The van der Waals surface area contributed by atoms with Crippen molar-refractivity contribution in [3.05, 3.63) is 63.0 Å². The molecule has 0 atom stereocenters. The van der Waals surface area contributed by atoms with E-state index in [1.807, 2.05) is 49.6 Å². The Bertz CT molecular complexity index is 768. The summed E-state index contributed by atoms with van der Waals surface area (Å²) in [6, 6.07) is 10.0. The lowest BCUT2D eigenvalue weighted by Gasteiger charge is -2.09. The van der Waals surface area contributed by atoms with Crippen LogP contribution < -0.4 is 0 Å². The van der Waals surface area contributed by atoms with Crippen LogP contribution in [0.2, 0.25) is 5.15 Å². The number of hydrogen-bond donors (Lipinski definition) is 0. The number of nitrogens with zero attached hydrogens (tertiary/aromatic N) is 3. The Hall–Kier alpha value is -1.78. The number of aromatic nitrogens is 3. The highest BCUT2D eigenvalue weighted by atomic mass is 35.5. The van der Waals surface area contributed by atoms with Crippen molar-refractivity contribution >= 4 is 22.9 Å². The van der Waals surface area contributed by atoms with Crippen molar-refractivity contribution in [2.45, 2.75) is 20.3 Å². The summed E-state index contributed by atoms with van der Waals surface area (Å²) in [6.45, 7) is 3.94. The van der Waals surface area contributed by atoms with E-state index in [9.17, 15) is 0 Å². The van der Waals surface area contributed by atoms with E-state index in [0.29, 0.717) is 17.4 Å². The van der Waals surface area contributed by atoms with Crippen molar-refractivity contribution in [2.75, 3.05) is 0 Å². The minimum absolute atomic E-state index is 0.505. The standard InChI is InChI=1S/C16H14ClN3S/c1-10-15(12-6-4-3-5-7-12)19-14(20-16(10)17)8-13-9-21-11(2)18-13/h3-7,9H,8H2,1-2H3. The van der Waals surface area contributed by atoms with E-state index in [0.717, 1.165) is 27.5 Å². The zero-order valence-electron chi connectivity index (χ0n) is 11.8. The lowest BCUT2D eigenvalue weighted by molar-refractivity contribution is 0.935. The monoisotopic (exact) mass is 315 g/mol. The first-order valence-electron chi connectivity index (χ1n) is 6.63. The summed E-state index contributed by atoms with van der Waals surface area (Å²) in [6.07, 6.45) is 0.601. The first kappa shape index (κ1) is 14.2. The Labute approximate surface area is 132 Å². The van der Waals surface area contributed by atoms with Crippen LogP contribution in [0.25, 0.3) is 11.3 Å². The normalized spacial score (nSPS) is 10.8. The van der Waals surface area contributed by atoms with Gasteiger partial charge in [-0.1, -0.05) is 41.9 Å². The van der Waals surface area contributed by atoms with Crippen molar-refractivity contribution in [3.8, 4) is 11.3 Å². The maximum Gasteiger partial charge on any atom is 0.136 e. The number of aryl methyl sites for hydroxylation is 1. The molecular weight excluding hydrogens is 302 g/mol. The fraction of sp³-hybridized carbons (Fsp3) is 0.188. The van der Waals surface area contributed by atoms with E-state index in [4.69, 9.17) is 11.6 Å². The number of thiazole rings is 1. The zero-order chi connectivity index (χ0) is 14.8. The fourth-order valence-corrected chi connectivity index (χ4v) is 2.94. The number of hydrogen-bond acceptors (Lipinski definition) is 4. The van der Waals surface area contributed by atoms with Crippen molar-refractivity contribution in [1.82, 2.24) is 15.0 Å². The molecule has 2 aromatic heterocycles. The molecule has 0 aliphatic rings. The zero-order valence-corrected chi connectivity index (χ0v) is 13.4. The summed E-state index contributed by atoms with van der Waals surface area (Å²) in [5.41, 5.74) is 3.82. The second-order valence-corrected chi connectivity index (χ2v) is 6.23. The Kier molecular flexibility index (Phi) is 3.99. The highest BCUT2D eigenvalue weighted by molar-refractivity contribution is 7.09. The average Bonchev–Trinajstić information content (AvgIpc) is 2.89. The highest BCUT2D eigenvalue weighted by Gasteiger charge is 2.12. The van der Waals surface area contributed by atoms with Gasteiger partial charge in [0.25, 0.3) is 0 Å². The Balaban J connectivity index is 2.01. The van der Waals surface area contributed by atoms with E-state index in [2.05, 4.69) is 15.0 Å². The number of benzene rings is 1. The van der Waals surface area contributed by atoms with Gasteiger partial charge in [-0.2, -0.15) is 0 Å². The molecule has 2 heterocycles. The molecule has 3 rings (SSSR count). The van der Waals surface area contributed by atoms with Crippen molar-refractivity contribution < 1.29 is 0 Å². The van der Waals surface area contributed by atoms with E-state index < -0.39 is 0 Å². The molecule has 0 fully saturated rings. The van der Waals surface area contributed by atoms with Gasteiger partial charge in [0.2, 0.25) is 0 Å². The minimum atomic E-state index is 0.505. The Morgan fingerprint density at radius 2 is 1.81 bits per heavy atom. The Morgan fingerprint density at radius 3 is 2.48 bits per heavy atom. The van der Waals surface area contributed by atoms with E-state index in [-0.39, 0.29) is 0 Å².